The first kappa shape index (κ1) is 24.0. The van der Waals surface area contributed by atoms with E-state index in [2.05, 4.69) is 9.88 Å². The molecule has 2 aromatic heterocycles. The molecule has 8 nitrogen and oxygen atoms in total. The summed E-state index contributed by atoms with van der Waals surface area (Å²) in [5.74, 6) is -0.0686. The van der Waals surface area contributed by atoms with Crippen LogP contribution in [0.3, 0.4) is 0 Å². The Morgan fingerprint density at radius 3 is 2.43 bits per heavy atom. The number of nitrogens with zero attached hydrogens (tertiary/aromatic N) is 5. The van der Waals surface area contributed by atoms with E-state index in [1.807, 2.05) is 72.8 Å². The maximum atomic E-state index is 13.7. The van der Waals surface area contributed by atoms with Gasteiger partial charge in [0, 0.05) is 51.7 Å². The maximum absolute atomic E-state index is 13.7. The largest absolute Gasteiger partial charge is 0.339 e. The number of carbonyl (C=O) groups excluding carboxylic acids is 1. The molecule has 2 aliphatic rings. The number of amides is 1. The molecule has 4 heterocycles. The van der Waals surface area contributed by atoms with E-state index in [9.17, 15) is 13.2 Å². The number of sulfonamides is 1. The second-order valence-corrected chi connectivity index (χ2v) is 11.6. The molecule has 35 heavy (non-hydrogen) atoms. The molecule has 9 heteroatoms. The van der Waals surface area contributed by atoms with Gasteiger partial charge in [-0.3, -0.25) is 9.69 Å². The third kappa shape index (κ3) is 4.60. The first-order valence-corrected chi connectivity index (χ1v) is 13.7. The Bertz CT molecular complexity index is 1300. The van der Waals surface area contributed by atoms with Crippen LogP contribution >= 0.6 is 0 Å². The summed E-state index contributed by atoms with van der Waals surface area (Å²) in [5, 5.41) is 0. The second kappa shape index (κ2) is 9.37. The zero-order valence-electron chi connectivity index (χ0n) is 20.6. The highest BCUT2D eigenvalue weighted by atomic mass is 32.2. The van der Waals surface area contributed by atoms with Crippen LogP contribution in [0.5, 0.6) is 0 Å². The van der Waals surface area contributed by atoms with E-state index in [0.717, 1.165) is 47.7 Å². The number of carbonyl (C=O) groups is 1. The fourth-order valence-electron chi connectivity index (χ4n) is 5.60. The van der Waals surface area contributed by atoms with Gasteiger partial charge in [-0.1, -0.05) is 23.8 Å². The standard InChI is InChI=1S/C26H33N5O3S/c1-19-15-20(2)25(21(3)16-19)35(33,34)31-10-6-7-23(31)26(32)29-13-11-28(12-14-29)17-22-18-30-9-5-4-8-24(30)27-22/h4-5,8-9,15-16,18,23H,6-7,10-14,17H2,1-3H3. The van der Waals surface area contributed by atoms with Gasteiger partial charge < -0.3 is 9.30 Å². The van der Waals surface area contributed by atoms with Crippen molar-refractivity contribution in [3.8, 4) is 0 Å². The zero-order valence-corrected chi connectivity index (χ0v) is 21.5. The van der Waals surface area contributed by atoms with Gasteiger partial charge >= 0.3 is 0 Å². The minimum atomic E-state index is -3.75. The topological polar surface area (TPSA) is 78.2 Å². The van der Waals surface area contributed by atoms with Gasteiger partial charge in [0.1, 0.15) is 11.7 Å². The Balaban J connectivity index is 1.25. The molecular weight excluding hydrogens is 462 g/mol. The lowest BCUT2D eigenvalue weighted by Crippen LogP contribution is -2.54. The van der Waals surface area contributed by atoms with Gasteiger partial charge in [0.25, 0.3) is 0 Å². The molecule has 0 aliphatic carbocycles. The second-order valence-electron chi connectivity index (χ2n) is 9.80. The number of hydrogen-bond acceptors (Lipinski definition) is 5. The molecule has 0 N–H and O–H groups in total. The molecule has 2 fully saturated rings. The van der Waals surface area contributed by atoms with Gasteiger partial charge in [-0.2, -0.15) is 4.31 Å². The van der Waals surface area contributed by atoms with E-state index in [4.69, 9.17) is 0 Å². The van der Waals surface area contributed by atoms with Crippen LogP contribution in [0.15, 0.2) is 47.6 Å². The highest BCUT2D eigenvalue weighted by Gasteiger charge is 2.42. The molecule has 186 valence electrons. The number of fused-ring (bicyclic) bond motifs is 1. The summed E-state index contributed by atoms with van der Waals surface area (Å²) >= 11 is 0. The van der Waals surface area contributed by atoms with Crippen molar-refractivity contribution >= 4 is 21.6 Å². The number of benzene rings is 1. The maximum Gasteiger partial charge on any atom is 0.244 e. The molecule has 3 aromatic rings. The highest BCUT2D eigenvalue weighted by molar-refractivity contribution is 7.89. The molecule has 0 radical (unpaired) electrons. The van der Waals surface area contributed by atoms with Crippen LogP contribution < -0.4 is 0 Å². The third-order valence-corrected chi connectivity index (χ3v) is 9.36. The molecule has 5 rings (SSSR count). The molecule has 0 bridgehead atoms. The summed E-state index contributed by atoms with van der Waals surface area (Å²) in [7, 11) is -3.75. The average Bonchev–Trinajstić information content (AvgIpc) is 3.45. The molecule has 0 saturated carbocycles. The van der Waals surface area contributed by atoms with E-state index >= 15 is 0 Å². The van der Waals surface area contributed by atoms with E-state index < -0.39 is 16.1 Å². The number of piperazine rings is 1. The molecule has 1 amide bonds. The minimum Gasteiger partial charge on any atom is -0.339 e. The van der Waals surface area contributed by atoms with Crippen LogP contribution in [0.25, 0.3) is 5.65 Å². The van der Waals surface area contributed by atoms with Gasteiger partial charge in [0.05, 0.1) is 10.6 Å². The number of aryl methyl sites for hydroxylation is 3. The quantitative estimate of drug-likeness (QED) is 0.544. The summed E-state index contributed by atoms with van der Waals surface area (Å²) in [4.78, 5) is 22.6. The van der Waals surface area contributed by atoms with Crippen LogP contribution in [-0.2, 0) is 21.4 Å². The molecule has 2 aliphatic heterocycles. The monoisotopic (exact) mass is 495 g/mol. The Morgan fingerprint density at radius 1 is 1.03 bits per heavy atom. The number of pyridine rings is 1. The van der Waals surface area contributed by atoms with Crippen LogP contribution in [-0.4, -0.2) is 76.6 Å². The average molecular weight is 496 g/mol. The van der Waals surface area contributed by atoms with Gasteiger partial charge in [-0.25, -0.2) is 13.4 Å². The van der Waals surface area contributed by atoms with Gasteiger partial charge in [0.15, 0.2) is 0 Å². The Morgan fingerprint density at radius 2 is 1.74 bits per heavy atom. The minimum absolute atomic E-state index is 0.0686. The Labute approximate surface area is 207 Å². The normalized spacial score (nSPS) is 20.1. The zero-order chi connectivity index (χ0) is 24.7. The van der Waals surface area contributed by atoms with Gasteiger partial charge in [0.2, 0.25) is 15.9 Å². The summed E-state index contributed by atoms with van der Waals surface area (Å²) < 4.78 is 30.8. The molecule has 2 saturated heterocycles. The van der Waals surface area contributed by atoms with Crippen LogP contribution in [0.4, 0.5) is 0 Å². The molecular formula is C26H33N5O3S. The number of imidazole rings is 1. The SMILES string of the molecule is Cc1cc(C)c(S(=O)(=O)N2CCCC2C(=O)N2CCN(Cc3cn4ccccc4n3)CC2)c(C)c1. The molecule has 0 spiro atoms. The predicted octanol–water partition coefficient (Wildman–Crippen LogP) is 2.76. The van der Waals surface area contributed by atoms with Crippen molar-refractivity contribution in [1.29, 1.82) is 0 Å². The summed E-state index contributed by atoms with van der Waals surface area (Å²) in [6, 6.07) is 9.12. The fraction of sp³-hybridized carbons (Fsp3) is 0.462. The lowest BCUT2D eigenvalue weighted by atomic mass is 10.1. The smallest absolute Gasteiger partial charge is 0.244 e. The molecule has 1 unspecified atom stereocenters. The predicted molar refractivity (Wildman–Crippen MR) is 135 cm³/mol. The summed E-state index contributed by atoms with van der Waals surface area (Å²) in [5.41, 5.74) is 4.45. The summed E-state index contributed by atoms with van der Waals surface area (Å²) in [6.45, 7) is 9.44. The molecule has 1 atom stereocenters. The lowest BCUT2D eigenvalue weighted by molar-refractivity contribution is -0.136. The van der Waals surface area contributed by atoms with Crippen molar-refractivity contribution in [1.82, 2.24) is 23.5 Å². The summed E-state index contributed by atoms with van der Waals surface area (Å²) in [6.07, 6.45) is 5.31. The van der Waals surface area contributed by atoms with Crippen molar-refractivity contribution in [2.75, 3.05) is 32.7 Å². The van der Waals surface area contributed by atoms with Crippen molar-refractivity contribution in [3.63, 3.8) is 0 Å². The van der Waals surface area contributed by atoms with E-state index in [1.54, 1.807) is 0 Å². The van der Waals surface area contributed by atoms with Gasteiger partial charge in [-0.05, 0) is 56.9 Å². The van der Waals surface area contributed by atoms with Crippen LogP contribution in [0, 0.1) is 20.8 Å². The van der Waals surface area contributed by atoms with E-state index in [-0.39, 0.29) is 5.91 Å². The van der Waals surface area contributed by atoms with Crippen LogP contribution in [0.1, 0.15) is 35.2 Å². The third-order valence-electron chi connectivity index (χ3n) is 7.14. The van der Waals surface area contributed by atoms with Crippen LogP contribution in [0.2, 0.25) is 0 Å². The van der Waals surface area contributed by atoms with Gasteiger partial charge in [-0.15, -0.1) is 0 Å². The van der Waals surface area contributed by atoms with E-state index in [0.29, 0.717) is 37.4 Å². The highest BCUT2D eigenvalue weighted by Crippen LogP contribution is 2.31. The van der Waals surface area contributed by atoms with Crippen molar-refractivity contribution in [2.45, 2.75) is 51.1 Å². The van der Waals surface area contributed by atoms with E-state index in [1.165, 1.54) is 4.31 Å². The Hall–Kier alpha value is -2.75. The Kier molecular flexibility index (Phi) is 6.41. The van der Waals surface area contributed by atoms with Crippen molar-refractivity contribution < 1.29 is 13.2 Å². The van der Waals surface area contributed by atoms with Crippen molar-refractivity contribution in [3.05, 3.63) is 65.1 Å². The number of aromatic nitrogens is 2. The number of hydrogen-bond donors (Lipinski definition) is 0. The molecule has 1 aromatic carbocycles. The first-order chi connectivity index (χ1) is 16.7. The number of rotatable bonds is 5. The van der Waals surface area contributed by atoms with Crippen molar-refractivity contribution in [2.24, 2.45) is 0 Å². The fourth-order valence-corrected chi connectivity index (χ4v) is 7.66. The lowest BCUT2D eigenvalue weighted by Gasteiger charge is -2.37. The first-order valence-electron chi connectivity index (χ1n) is 12.3.